The van der Waals surface area contributed by atoms with Crippen LogP contribution in [0.25, 0.3) is 0 Å². The zero-order chi connectivity index (χ0) is 10.1. The second-order valence-electron chi connectivity index (χ2n) is 3.89. The molecule has 14 heavy (non-hydrogen) atoms. The molecule has 0 amide bonds. The first kappa shape index (κ1) is 9.99. The summed E-state index contributed by atoms with van der Waals surface area (Å²) >= 11 is 6.22. The Kier molecular flexibility index (Phi) is 2.79. The minimum atomic E-state index is 0.445. The van der Waals surface area contributed by atoms with E-state index in [1.54, 1.807) is 13.3 Å². The Morgan fingerprint density at radius 3 is 3.07 bits per heavy atom. The van der Waals surface area contributed by atoms with Crippen molar-refractivity contribution >= 4 is 17.8 Å². The smallest absolute Gasteiger partial charge is 0.106 e. The van der Waals surface area contributed by atoms with Gasteiger partial charge in [0.05, 0.1) is 6.21 Å². The van der Waals surface area contributed by atoms with Crippen LogP contribution in [-0.2, 0) is 4.84 Å². The molecule has 0 radical (unpaired) electrons. The fraction of sp³-hybridized carbons (Fsp3) is 0.700. The lowest BCUT2D eigenvalue weighted by Crippen LogP contribution is -2.37. The number of likely N-dealkylation sites (N-methyl/N-ethyl adjacent to an activating group) is 1. The first-order valence-electron chi connectivity index (χ1n) is 4.91. The van der Waals surface area contributed by atoms with Gasteiger partial charge in [0.15, 0.2) is 0 Å². The standard InChI is InChI=1S/C10H15ClN2O/c1-13-7-3-4-10(13)8(6-12-14-2)9(11)5-7/h6-7,10H,3-5H2,1-2H3/b12-6+. The summed E-state index contributed by atoms with van der Waals surface area (Å²) in [5.41, 5.74) is 1.13. The van der Waals surface area contributed by atoms with Gasteiger partial charge in [-0.2, -0.15) is 0 Å². The van der Waals surface area contributed by atoms with Crippen LogP contribution in [0.4, 0.5) is 0 Å². The number of hydrogen-bond donors (Lipinski definition) is 0. The first-order valence-corrected chi connectivity index (χ1v) is 5.29. The summed E-state index contributed by atoms with van der Waals surface area (Å²) in [5.74, 6) is 0. The van der Waals surface area contributed by atoms with E-state index >= 15 is 0 Å². The second-order valence-corrected chi connectivity index (χ2v) is 4.35. The van der Waals surface area contributed by atoms with E-state index in [0.29, 0.717) is 12.1 Å². The van der Waals surface area contributed by atoms with Crippen LogP contribution < -0.4 is 0 Å². The first-order chi connectivity index (χ1) is 6.74. The summed E-state index contributed by atoms with van der Waals surface area (Å²) in [4.78, 5) is 7.08. The van der Waals surface area contributed by atoms with Crippen LogP contribution in [0, 0.1) is 0 Å². The Labute approximate surface area is 89.3 Å². The normalized spacial score (nSPS) is 33.1. The van der Waals surface area contributed by atoms with Gasteiger partial charge >= 0.3 is 0 Å². The van der Waals surface area contributed by atoms with Crippen LogP contribution in [0.2, 0.25) is 0 Å². The molecular formula is C10H15ClN2O. The molecule has 0 spiro atoms. The number of rotatable bonds is 2. The lowest BCUT2D eigenvalue weighted by Gasteiger charge is -2.31. The van der Waals surface area contributed by atoms with Gasteiger partial charge in [-0.3, -0.25) is 4.90 Å². The molecule has 0 N–H and O–H groups in total. The quantitative estimate of drug-likeness (QED) is 0.519. The summed E-state index contributed by atoms with van der Waals surface area (Å²) in [6, 6.07) is 1.08. The van der Waals surface area contributed by atoms with Gasteiger partial charge in [-0.05, 0) is 26.3 Å². The highest BCUT2D eigenvalue weighted by Crippen LogP contribution is 2.38. The summed E-state index contributed by atoms with van der Waals surface area (Å²) in [6.07, 6.45) is 5.13. The van der Waals surface area contributed by atoms with Gasteiger partial charge in [-0.1, -0.05) is 16.8 Å². The average Bonchev–Trinajstić information content (AvgIpc) is 2.43. The third-order valence-electron chi connectivity index (χ3n) is 3.23. The SMILES string of the molecule is CO/N=C/C1=C(Cl)CC2CCC1N2C. The summed E-state index contributed by atoms with van der Waals surface area (Å²) in [7, 11) is 3.71. The molecule has 1 fully saturated rings. The minimum Gasteiger partial charge on any atom is -0.399 e. The van der Waals surface area contributed by atoms with Crippen molar-refractivity contribution in [2.24, 2.45) is 5.16 Å². The summed E-state index contributed by atoms with van der Waals surface area (Å²) in [5, 5.41) is 4.76. The molecule has 0 aromatic carbocycles. The highest BCUT2D eigenvalue weighted by Gasteiger charge is 2.37. The summed E-state index contributed by atoms with van der Waals surface area (Å²) < 4.78 is 0. The van der Waals surface area contributed by atoms with E-state index in [9.17, 15) is 0 Å². The van der Waals surface area contributed by atoms with E-state index in [1.807, 2.05) is 0 Å². The maximum Gasteiger partial charge on any atom is 0.106 e. The number of oxime groups is 1. The Hall–Kier alpha value is -0.540. The zero-order valence-electron chi connectivity index (χ0n) is 8.53. The van der Waals surface area contributed by atoms with E-state index in [4.69, 9.17) is 16.4 Å². The van der Waals surface area contributed by atoms with E-state index < -0.39 is 0 Å². The van der Waals surface area contributed by atoms with Crippen molar-refractivity contribution < 1.29 is 4.84 Å². The van der Waals surface area contributed by atoms with Crippen molar-refractivity contribution in [2.75, 3.05) is 14.2 Å². The molecule has 2 aliphatic rings. The maximum absolute atomic E-state index is 6.22. The molecule has 2 atom stereocenters. The van der Waals surface area contributed by atoms with Crippen molar-refractivity contribution in [3.63, 3.8) is 0 Å². The number of fused-ring (bicyclic) bond motifs is 2. The van der Waals surface area contributed by atoms with E-state index in [-0.39, 0.29) is 0 Å². The van der Waals surface area contributed by atoms with Crippen LogP contribution in [0.1, 0.15) is 19.3 Å². The number of nitrogens with zero attached hydrogens (tertiary/aromatic N) is 2. The molecule has 0 aliphatic carbocycles. The highest BCUT2D eigenvalue weighted by atomic mass is 35.5. The van der Waals surface area contributed by atoms with E-state index in [0.717, 1.165) is 17.0 Å². The second kappa shape index (κ2) is 3.91. The molecule has 2 bridgehead atoms. The Balaban J connectivity index is 2.24. The van der Waals surface area contributed by atoms with Gasteiger partial charge < -0.3 is 4.84 Å². The van der Waals surface area contributed by atoms with Gasteiger partial charge in [0, 0.05) is 22.7 Å². The Morgan fingerprint density at radius 1 is 1.57 bits per heavy atom. The highest BCUT2D eigenvalue weighted by molar-refractivity contribution is 6.31. The molecule has 0 aromatic heterocycles. The van der Waals surface area contributed by atoms with Crippen LogP contribution >= 0.6 is 11.6 Å². The fourth-order valence-electron chi connectivity index (χ4n) is 2.40. The van der Waals surface area contributed by atoms with Crippen LogP contribution in [0.5, 0.6) is 0 Å². The lowest BCUT2D eigenvalue weighted by atomic mass is 10.0. The molecule has 0 saturated carbocycles. The molecule has 2 unspecified atom stereocenters. The maximum atomic E-state index is 6.22. The van der Waals surface area contributed by atoms with Crippen LogP contribution in [0.3, 0.4) is 0 Å². The summed E-state index contributed by atoms with van der Waals surface area (Å²) in [6.45, 7) is 0. The van der Waals surface area contributed by atoms with Crippen molar-refractivity contribution in [1.82, 2.24) is 4.90 Å². The monoisotopic (exact) mass is 214 g/mol. The van der Waals surface area contributed by atoms with Crippen molar-refractivity contribution in [3.05, 3.63) is 10.6 Å². The largest absolute Gasteiger partial charge is 0.399 e. The molecule has 2 heterocycles. The van der Waals surface area contributed by atoms with E-state index in [2.05, 4.69) is 17.1 Å². The van der Waals surface area contributed by atoms with Crippen molar-refractivity contribution in [1.29, 1.82) is 0 Å². The van der Waals surface area contributed by atoms with Gasteiger partial charge in [0.25, 0.3) is 0 Å². The number of halogens is 1. The topological polar surface area (TPSA) is 24.8 Å². The molecule has 0 aromatic rings. The Morgan fingerprint density at radius 2 is 2.36 bits per heavy atom. The van der Waals surface area contributed by atoms with Gasteiger partial charge in [-0.15, -0.1) is 0 Å². The third-order valence-corrected chi connectivity index (χ3v) is 3.60. The van der Waals surface area contributed by atoms with Gasteiger partial charge in [0.2, 0.25) is 0 Å². The Bertz CT molecular complexity index is 288. The van der Waals surface area contributed by atoms with Gasteiger partial charge in [0.1, 0.15) is 7.11 Å². The fourth-order valence-corrected chi connectivity index (χ4v) is 2.76. The minimum absolute atomic E-state index is 0.445. The molecule has 4 heteroatoms. The average molecular weight is 215 g/mol. The van der Waals surface area contributed by atoms with Crippen molar-refractivity contribution in [2.45, 2.75) is 31.3 Å². The molecular weight excluding hydrogens is 200 g/mol. The lowest BCUT2D eigenvalue weighted by molar-refractivity contribution is 0.213. The van der Waals surface area contributed by atoms with Gasteiger partial charge in [-0.25, -0.2) is 0 Å². The van der Waals surface area contributed by atoms with Crippen LogP contribution in [-0.4, -0.2) is 37.4 Å². The van der Waals surface area contributed by atoms with E-state index in [1.165, 1.54) is 12.8 Å². The molecule has 2 rings (SSSR count). The predicted octanol–water partition coefficient (Wildman–Crippen LogP) is 1.98. The van der Waals surface area contributed by atoms with Crippen molar-refractivity contribution in [3.8, 4) is 0 Å². The molecule has 2 aliphatic heterocycles. The molecule has 3 nitrogen and oxygen atoms in total. The zero-order valence-corrected chi connectivity index (χ0v) is 9.29. The third kappa shape index (κ3) is 1.55. The number of hydrogen-bond acceptors (Lipinski definition) is 3. The molecule has 78 valence electrons. The van der Waals surface area contributed by atoms with Crippen LogP contribution in [0.15, 0.2) is 15.8 Å². The molecule has 1 saturated heterocycles. The predicted molar refractivity (Wildman–Crippen MR) is 57.6 cm³/mol.